The number of alkyl halides is 5. The standard InChI is InChI=1S/C32H44F6O2/c1-2-3-20-39-27-16-8-23(9-17-27)5-4-22-6-10-24(11-7-22)25-12-14-26(15-13-25)32(37,38)40-28-18-19-29(30(33)21-28)31(34,35)36/h4-5,18-19,21-27H,2-3,6-17,20H2,1H3/b5-4+. The summed E-state index contributed by atoms with van der Waals surface area (Å²) in [5, 5.41) is 0. The second kappa shape index (κ2) is 14.0. The lowest BCUT2D eigenvalue weighted by atomic mass is 9.69. The summed E-state index contributed by atoms with van der Waals surface area (Å²) in [6.45, 7) is 3.07. The van der Waals surface area contributed by atoms with Gasteiger partial charge < -0.3 is 9.47 Å². The maximum absolute atomic E-state index is 14.8. The molecule has 8 heteroatoms. The van der Waals surface area contributed by atoms with Crippen LogP contribution >= 0.6 is 0 Å². The molecule has 0 bridgehead atoms. The zero-order valence-corrected chi connectivity index (χ0v) is 23.5. The summed E-state index contributed by atoms with van der Waals surface area (Å²) in [5.41, 5.74) is -1.50. The van der Waals surface area contributed by atoms with E-state index in [9.17, 15) is 26.3 Å². The molecule has 3 aliphatic carbocycles. The molecule has 0 atom stereocenters. The Morgan fingerprint density at radius 1 is 0.775 bits per heavy atom. The first-order valence-electron chi connectivity index (χ1n) is 15.3. The number of hydrogen-bond donors (Lipinski definition) is 0. The number of allylic oxidation sites excluding steroid dienone is 2. The average molecular weight is 575 g/mol. The molecule has 3 aliphatic rings. The van der Waals surface area contributed by atoms with E-state index in [1.807, 2.05) is 0 Å². The lowest BCUT2D eigenvalue weighted by molar-refractivity contribution is -0.224. The van der Waals surface area contributed by atoms with Crippen molar-refractivity contribution < 1.29 is 35.8 Å². The summed E-state index contributed by atoms with van der Waals surface area (Å²) in [6.07, 6.45) is 10.4. The van der Waals surface area contributed by atoms with Gasteiger partial charge in [0.15, 0.2) is 0 Å². The quantitative estimate of drug-likeness (QED) is 0.157. The van der Waals surface area contributed by atoms with Crippen molar-refractivity contribution >= 4 is 0 Å². The Balaban J connectivity index is 1.16. The average Bonchev–Trinajstić information content (AvgIpc) is 2.92. The minimum atomic E-state index is -4.89. The third-order valence-electron chi connectivity index (χ3n) is 9.46. The van der Waals surface area contributed by atoms with E-state index in [2.05, 4.69) is 19.1 Å². The van der Waals surface area contributed by atoms with Gasteiger partial charge in [-0.05, 0) is 119 Å². The van der Waals surface area contributed by atoms with E-state index in [1.54, 1.807) is 0 Å². The summed E-state index contributed by atoms with van der Waals surface area (Å²) >= 11 is 0. The summed E-state index contributed by atoms with van der Waals surface area (Å²) in [4.78, 5) is 0. The fraction of sp³-hybridized carbons (Fsp3) is 0.750. The van der Waals surface area contributed by atoms with Crippen LogP contribution < -0.4 is 4.74 Å². The highest BCUT2D eigenvalue weighted by Gasteiger charge is 2.45. The highest BCUT2D eigenvalue weighted by atomic mass is 19.4. The predicted molar refractivity (Wildman–Crippen MR) is 144 cm³/mol. The molecule has 3 fully saturated rings. The number of hydrogen-bond acceptors (Lipinski definition) is 2. The highest BCUT2D eigenvalue weighted by molar-refractivity contribution is 5.30. The Kier molecular flexibility index (Phi) is 10.9. The van der Waals surface area contributed by atoms with Crippen molar-refractivity contribution in [1.29, 1.82) is 0 Å². The van der Waals surface area contributed by atoms with E-state index in [4.69, 9.17) is 9.47 Å². The topological polar surface area (TPSA) is 18.5 Å². The summed E-state index contributed by atoms with van der Waals surface area (Å²) in [5.74, 6) is -0.995. The maximum Gasteiger partial charge on any atom is 0.419 e. The van der Waals surface area contributed by atoms with Gasteiger partial charge in [0, 0.05) is 12.7 Å². The van der Waals surface area contributed by atoms with Gasteiger partial charge in [0.2, 0.25) is 0 Å². The first-order chi connectivity index (χ1) is 19.0. The van der Waals surface area contributed by atoms with E-state index in [1.165, 1.54) is 19.3 Å². The van der Waals surface area contributed by atoms with Gasteiger partial charge in [-0.25, -0.2) is 4.39 Å². The van der Waals surface area contributed by atoms with Crippen molar-refractivity contribution in [2.45, 2.75) is 115 Å². The van der Waals surface area contributed by atoms with Gasteiger partial charge >= 0.3 is 12.3 Å². The zero-order valence-electron chi connectivity index (χ0n) is 23.5. The minimum absolute atomic E-state index is 0.297. The number of unbranched alkanes of at least 4 members (excludes halogenated alkanes) is 1. The Morgan fingerprint density at radius 3 is 1.85 bits per heavy atom. The van der Waals surface area contributed by atoms with Crippen LogP contribution in [0.15, 0.2) is 30.4 Å². The molecule has 0 saturated heterocycles. The van der Waals surface area contributed by atoms with Crippen molar-refractivity contribution in [3.63, 3.8) is 0 Å². The van der Waals surface area contributed by atoms with Crippen LogP contribution in [-0.2, 0) is 10.9 Å². The van der Waals surface area contributed by atoms with E-state index in [-0.39, 0.29) is 0 Å². The van der Waals surface area contributed by atoms with E-state index < -0.39 is 35.3 Å². The monoisotopic (exact) mass is 574 g/mol. The van der Waals surface area contributed by atoms with Crippen LogP contribution in [0.25, 0.3) is 0 Å². The van der Waals surface area contributed by atoms with Crippen LogP contribution in [0.1, 0.15) is 102 Å². The number of benzene rings is 1. The van der Waals surface area contributed by atoms with E-state index in [0.29, 0.717) is 67.6 Å². The largest absolute Gasteiger partial charge is 0.432 e. The lowest BCUT2D eigenvalue weighted by Crippen LogP contribution is -2.38. The summed E-state index contributed by atoms with van der Waals surface area (Å²) < 4.78 is 92.4. The second-order valence-electron chi connectivity index (χ2n) is 12.2. The van der Waals surface area contributed by atoms with Gasteiger partial charge in [-0.3, -0.25) is 0 Å². The molecule has 3 saturated carbocycles. The molecule has 0 N–H and O–H groups in total. The van der Waals surface area contributed by atoms with Crippen LogP contribution in [0, 0.1) is 35.4 Å². The first-order valence-corrected chi connectivity index (χ1v) is 15.3. The van der Waals surface area contributed by atoms with Gasteiger partial charge in [0.05, 0.1) is 17.6 Å². The fourth-order valence-corrected chi connectivity index (χ4v) is 6.92. The van der Waals surface area contributed by atoms with Gasteiger partial charge in [-0.1, -0.05) is 25.5 Å². The van der Waals surface area contributed by atoms with Crippen molar-refractivity contribution in [1.82, 2.24) is 0 Å². The van der Waals surface area contributed by atoms with Crippen LogP contribution in [0.5, 0.6) is 5.75 Å². The molecule has 40 heavy (non-hydrogen) atoms. The molecule has 1 aromatic carbocycles. The molecule has 4 rings (SSSR count). The van der Waals surface area contributed by atoms with Crippen LogP contribution in [0.4, 0.5) is 26.3 Å². The third kappa shape index (κ3) is 8.65. The Morgan fingerprint density at radius 2 is 1.32 bits per heavy atom. The molecular formula is C32H44F6O2. The maximum atomic E-state index is 14.8. The Labute approximate surface area is 234 Å². The second-order valence-corrected chi connectivity index (χ2v) is 12.2. The Hall–Kier alpha value is -1.70. The first kappa shape index (κ1) is 31.2. The summed E-state index contributed by atoms with van der Waals surface area (Å²) in [6, 6.07) is 1.59. The van der Waals surface area contributed by atoms with Crippen LogP contribution in [0.3, 0.4) is 0 Å². The lowest BCUT2D eigenvalue weighted by Gasteiger charge is -2.39. The van der Waals surface area contributed by atoms with Crippen LogP contribution in [0.2, 0.25) is 0 Å². The van der Waals surface area contributed by atoms with Gasteiger partial charge in [0.25, 0.3) is 0 Å². The molecule has 226 valence electrons. The third-order valence-corrected chi connectivity index (χ3v) is 9.46. The van der Waals surface area contributed by atoms with Crippen molar-refractivity contribution in [3.8, 4) is 5.75 Å². The van der Waals surface area contributed by atoms with Gasteiger partial charge in [-0.2, -0.15) is 22.0 Å². The van der Waals surface area contributed by atoms with Gasteiger partial charge in [-0.15, -0.1) is 0 Å². The predicted octanol–water partition coefficient (Wildman–Crippen LogP) is 10.4. The molecule has 0 radical (unpaired) electrons. The molecule has 0 aliphatic heterocycles. The molecule has 0 aromatic heterocycles. The SMILES string of the molecule is CCCCOC1CCC(/C=C/C2CCC(C3CCC(C(F)(F)Oc4ccc(C(F)(F)F)c(F)c4)CC3)CC2)CC1. The molecule has 0 spiro atoms. The smallest absolute Gasteiger partial charge is 0.419 e. The minimum Gasteiger partial charge on any atom is -0.432 e. The molecule has 0 unspecified atom stereocenters. The van der Waals surface area contributed by atoms with E-state index >= 15 is 0 Å². The Bertz CT molecular complexity index is 937. The molecule has 2 nitrogen and oxygen atoms in total. The highest BCUT2D eigenvalue weighted by Crippen LogP contribution is 2.46. The van der Waals surface area contributed by atoms with Gasteiger partial charge in [0.1, 0.15) is 11.6 Å². The normalized spacial score (nSPS) is 30.5. The number of rotatable bonds is 10. The van der Waals surface area contributed by atoms with Crippen molar-refractivity contribution in [2.24, 2.45) is 29.6 Å². The molecular weight excluding hydrogens is 530 g/mol. The number of halogens is 6. The summed E-state index contributed by atoms with van der Waals surface area (Å²) in [7, 11) is 0. The molecule has 0 amide bonds. The number of ether oxygens (including phenoxy) is 2. The van der Waals surface area contributed by atoms with Crippen molar-refractivity contribution in [2.75, 3.05) is 6.61 Å². The zero-order chi connectivity index (χ0) is 28.8. The van der Waals surface area contributed by atoms with Crippen molar-refractivity contribution in [3.05, 3.63) is 41.7 Å². The fourth-order valence-electron chi connectivity index (χ4n) is 6.92. The molecule has 1 aromatic rings. The van der Waals surface area contributed by atoms with Crippen LogP contribution in [-0.4, -0.2) is 18.8 Å². The van der Waals surface area contributed by atoms with E-state index in [0.717, 1.165) is 57.6 Å². The molecule has 0 heterocycles.